The first-order valence-corrected chi connectivity index (χ1v) is 5.87. The second kappa shape index (κ2) is 4.08. The first-order valence-electron chi connectivity index (χ1n) is 4.17. The SMILES string of the molecule is NC(=O)c1sc(C(F)(F)F)nc1-c1nccs1. The number of nitrogens with two attached hydrogens (primary N) is 1. The van der Waals surface area contributed by atoms with Gasteiger partial charge in [-0.15, -0.1) is 22.7 Å². The van der Waals surface area contributed by atoms with Crippen LogP contribution in [0.2, 0.25) is 0 Å². The Morgan fingerprint density at radius 3 is 2.59 bits per heavy atom. The van der Waals surface area contributed by atoms with Crippen LogP contribution < -0.4 is 5.73 Å². The standard InChI is InChI=1S/C8H4F3N3OS2/c9-8(10,11)7-14-3(4(17-7)5(12)15)6-13-1-2-16-6/h1-2H,(H2,12,15). The van der Waals surface area contributed by atoms with Gasteiger partial charge in [-0.3, -0.25) is 4.79 Å². The highest BCUT2D eigenvalue weighted by atomic mass is 32.1. The normalized spacial score (nSPS) is 11.7. The van der Waals surface area contributed by atoms with Crippen molar-refractivity contribution < 1.29 is 18.0 Å². The third-order valence-corrected chi connectivity index (χ3v) is 3.62. The first-order chi connectivity index (χ1) is 7.89. The van der Waals surface area contributed by atoms with Gasteiger partial charge in [0.25, 0.3) is 5.91 Å². The molecule has 0 aliphatic rings. The summed E-state index contributed by atoms with van der Waals surface area (Å²) in [6.07, 6.45) is -3.18. The highest BCUT2D eigenvalue weighted by Crippen LogP contribution is 2.37. The summed E-state index contributed by atoms with van der Waals surface area (Å²) in [5.74, 6) is -0.941. The van der Waals surface area contributed by atoms with Gasteiger partial charge in [-0.2, -0.15) is 13.2 Å². The van der Waals surface area contributed by atoms with Crippen molar-refractivity contribution in [3.63, 3.8) is 0 Å². The Morgan fingerprint density at radius 1 is 1.41 bits per heavy atom. The van der Waals surface area contributed by atoms with Crippen LogP contribution in [-0.2, 0) is 6.18 Å². The fourth-order valence-electron chi connectivity index (χ4n) is 1.09. The van der Waals surface area contributed by atoms with Crippen molar-refractivity contribution >= 4 is 28.6 Å². The van der Waals surface area contributed by atoms with Crippen molar-refractivity contribution in [1.82, 2.24) is 9.97 Å². The minimum atomic E-state index is -4.59. The molecular formula is C8H4F3N3OS2. The molecule has 9 heteroatoms. The van der Waals surface area contributed by atoms with Crippen LogP contribution in [-0.4, -0.2) is 15.9 Å². The Bertz CT molecular complexity index is 547. The number of hydrogen-bond donors (Lipinski definition) is 1. The van der Waals surface area contributed by atoms with E-state index in [0.29, 0.717) is 0 Å². The van der Waals surface area contributed by atoms with Crippen LogP contribution in [0.5, 0.6) is 0 Å². The second-order valence-corrected chi connectivity index (χ2v) is 4.79. The minimum absolute atomic E-state index is 0.107. The largest absolute Gasteiger partial charge is 0.443 e. The van der Waals surface area contributed by atoms with E-state index in [4.69, 9.17) is 5.73 Å². The molecule has 17 heavy (non-hydrogen) atoms. The summed E-state index contributed by atoms with van der Waals surface area (Å²) >= 11 is 1.32. The van der Waals surface area contributed by atoms with E-state index in [-0.39, 0.29) is 26.9 Å². The van der Waals surface area contributed by atoms with E-state index in [2.05, 4.69) is 9.97 Å². The summed E-state index contributed by atoms with van der Waals surface area (Å²) in [6, 6.07) is 0. The van der Waals surface area contributed by atoms with E-state index in [1.54, 1.807) is 5.38 Å². The topological polar surface area (TPSA) is 68.9 Å². The molecule has 90 valence electrons. The zero-order chi connectivity index (χ0) is 12.6. The van der Waals surface area contributed by atoms with Crippen molar-refractivity contribution in [2.24, 2.45) is 5.73 Å². The molecule has 0 unspecified atom stereocenters. The Balaban J connectivity index is 2.58. The lowest BCUT2D eigenvalue weighted by atomic mass is 10.3. The van der Waals surface area contributed by atoms with Crippen LogP contribution in [0.25, 0.3) is 10.7 Å². The summed E-state index contributed by atoms with van der Waals surface area (Å²) in [5.41, 5.74) is 4.91. The maximum absolute atomic E-state index is 12.5. The van der Waals surface area contributed by atoms with Crippen LogP contribution in [0.3, 0.4) is 0 Å². The van der Waals surface area contributed by atoms with Crippen molar-refractivity contribution in [2.45, 2.75) is 6.18 Å². The van der Waals surface area contributed by atoms with E-state index in [1.807, 2.05) is 0 Å². The molecule has 2 aromatic heterocycles. The number of aromatic nitrogens is 2. The third-order valence-electron chi connectivity index (χ3n) is 1.73. The van der Waals surface area contributed by atoms with Gasteiger partial charge in [0.2, 0.25) is 0 Å². The van der Waals surface area contributed by atoms with Crippen LogP contribution in [0.1, 0.15) is 14.7 Å². The summed E-state index contributed by atoms with van der Waals surface area (Å²) in [7, 11) is 0. The smallest absolute Gasteiger partial charge is 0.365 e. The van der Waals surface area contributed by atoms with Gasteiger partial charge >= 0.3 is 6.18 Å². The molecule has 0 aliphatic carbocycles. The molecule has 2 N–H and O–H groups in total. The van der Waals surface area contributed by atoms with E-state index in [9.17, 15) is 18.0 Å². The third kappa shape index (κ3) is 2.29. The second-order valence-electron chi connectivity index (χ2n) is 2.90. The Labute approximate surface area is 101 Å². The molecule has 0 radical (unpaired) electrons. The summed E-state index contributed by atoms with van der Waals surface area (Å²) < 4.78 is 37.4. The highest BCUT2D eigenvalue weighted by molar-refractivity contribution is 7.16. The zero-order valence-corrected chi connectivity index (χ0v) is 9.62. The van der Waals surface area contributed by atoms with Gasteiger partial charge in [-0.25, -0.2) is 9.97 Å². The van der Waals surface area contributed by atoms with E-state index >= 15 is 0 Å². The molecule has 2 heterocycles. The van der Waals surface area contributed by atoms with Gasteiger partial charge in [0.05, 0.1) is 0 Å². The number of carbonyl (C=O) groups excluding carboxylic acids is 1. The van der Waals surface area contributed by atoms with E-state index in [0.717, 1.165) is 11.3 Å². The molecule has 2 aromatic rings. The van der Waals surface area contributed by atoms with Gasteiger partial charge in [-0.1, -0.05) is 0 Å². The van der Waals surface area contributed by atoms with Gasteiger partial charge < -0.3 is 5.73 Å². The number of nitrogens with zero attached hydrogens (tertiary/aromatic N) is 2. The molecule has 4 nitrogen and oxygen atoms in total. The van der Waals surface area contributed by atoms with E-state index < -0.39 is 17.1 Å². The highest BCUT2D eigenvalue weighted by Gasteiger charge is 2.37. The van der Waals surface area contributed by atoms with Crippen molar-refractivity contribution in [3.05, 3.63) is 21.5 Å². The molecule has 0 bridgehead atoms. The molecule has 0 saturated carbocycles. The minimum Gasteiger partial charge on any atom is -0.365 e. The lowest BCUT2D eigenvalue weighted by molar-refractivity contribution is -0.137. The molecule has 0 atom stereocenters. The van der Waals surface area contributed by atoms with Crippen LogP contribution in [0.4, 0.5) is 13.2 Å². The first kappa shape index (κ1) is 12.0. The van der Waals surface area contributed by atoms with Crippen molar-refractivity contribution in [2.75, 3.05) is 0 Å². The molecule has 0 fully saturated rings. The lowest BCUT2D eigenvalue weighted by Crippen LogP contribution is -2.10. The van der Waals surface area contributed by atoms with Crippen molar-refractivity contribution in [3.8, 4) is 10.7 Å². The summed E-state index contributed by atoms with van der Waals surface area (Å²) in [6.45, 7) is 0. The van der Waals surface area contributed by atoms with Gasteiger partial charge in [0, 0.05) is 11.6 Å². The molecular weight excluding hydrogens is 275 g/mol. The van der Waals surface area contributed by atoms with Gasteiger partial charge in [0.15, 0.2) is 5.01 Å². The number of hydrogen-bond acceptors (Lipinski definition) is 5. The number of halogens is 3. The van der Waals surface area contributed by atoms with Gasteiger partial charge in [-0.05, 0) is 0 Å². The predicted molar refractivity (Wildman–Crippen MR) is 56.7 cm³/mol. The number of amides is 1. The zero-order valence-electron chi connectivity index (χ0n) is 7.99. The van der Waals surface area contributed by atoms with Crippen LogP contribution in [0, 0.1) is 0 Å². The van der Waals surface area contributed by atoms with Gasteiger partial charge in [0.1, 0.15) is 15.6 Å². The van der Waals surface area contributed by atoms with Crippen molar-refractivity contribution in [1.29, 1.82) is 0 Å². The predicted octanol–water partition coefficient (Wildman–Crippen LogP) is 2.38. The number of rotatable bonds is 2. The van der Waals surface area contributed by atoms with E-state index in [1.165, 1.54) is 6.20 Å². The molecule has 2 rings (SSSR count). The molecule has 0 spiro atoms. The number of alkyl halides is 3. The lowest BCUT2D eigenvalue weighted by Gasteiger charge is -1.98. The average molecular weight is 279 g/mol. The fourth-order valence-corrected chi connectivity index (χ4v) is 2.58. The fraction of sp³-hybridized carbons (Fsp3) is 0.125. The summed E-state index contributed by atoms with van der Waals surface area (Å²) in [5, 5.41) is 0.717. The van der Waals surface area contributed by atoms with Crippen LogP contribution >= 0.6 is 22.7 Å². The molecule has 0 aliphatic heterocycles. The molecule has 0 saturated heterocycles. The monoisotopic (exact) mass is 279 g/mol. The molecule has 0 aromatic carbocycles. The number of carbonyl (C=O) groups is 1. The maximum Gasteiger partial charge on any atom is 0.443 e. The Hall–Kier alpha value is -1.48. The maximum atomic E-state index is 12.5. The number of thiazole rings is 2. The number of primary amides is 1. The Morgan fingerprint density at radius 2 is 2.12 bits per heavy atom. The quantitative estimate of drug-likeness (QED) is 0.917. The summed E-state index contributed by atoms with van der Waals surface area (Å²) in [4.78, 5) is 18.0. The Kier molecular flexibility index (Phi) is 2.87. The van der Waals surface area contributed by atoms with Crippen LogP contribution in [0.15, 0.2) is 11.6 Å². The molecule has 1 amide bonds. The average Bonchev–Trinajstić information content (AvgIpc) is 2.85.